The van der Waals surface area contributed by atoms with E-state index in [1.165, 1.54) is 44.1 Å². The highest BCUT2D eigenvalue weighted by molar-refractivity contribution is 7.80. The first-order chi connectivity index (χ1) is 11.7. The fourth-order valence-electron chi connectivity index (χ4n) is 4.19. The SMILES string of the molecule is CCCCN1CC(c2ccccc2)N(CC2CCC(C)CC2)C1=S. The van der Waals surface area contributed by atoms with E-state index in [9.17, 15) is 0 Å². The highest BCUT2D eigenvalue weighted by Crippen LogP contribution is 2.35. The van der Waals surface area contributed by atoms with Gasteiger partial charge in [0.15, 0.2) is 5.11 Å². The molecule has 0 amide bonds. The number of thiocarbonyl (C=S) groups is 1. The lowest BCUT2D eigenvalue weighted by molar-refractivity contribution is 0.223. The van der Waals surface area contributed by atoms with Crippen molar-refractivity contribution in [2.24, 2.45) is 11.8 Å². The lowest BCUT2D eigenvalue weighted by atomic mass is 9.82. The Morgan fingerprint density at radius 1 is 1.08 bits per heavy atom. The summed E-state index contributed by atoms with van der Waals surface area (Å²) in [5.74, 6) is 1.73. The average molecular weight is 345 g/mol. The molecule has 0 aromatic heterocycles. The lowest BCUT2D eigenvalue weighted by Crippen LogP contribution is -2.37. The third kappa shape index (κ3) is 4.11. The van der Waals surface area contributed by atoms with E-state index in [0.717, 1.165) is 36.6 Å². The van der Waals surface area contributed by atoms with Gasteiger partial charge in [0.2, 0.25) is 0 Å². The van der Waals surface area contributed by atoms with Gasteiger partial charge in [0.1, 0.15) is 0 Å². The van der Waals surface area contributed by atoms with Crippen molar-refractivity contribution in [1.29, 1.82) is 0 Å². The minimum absolute atomic E-state index is 0.440. The zero-order chi connectivity index (χ0) is 16.9. The second kappa shape index (κ2) is 8.33. The van der Waals surface area contributed by atoms with Crippen LogP contribution in [0.15, 0.2) is 30.3 Å². The third-order valence-electron chi connectivity index (χ3n) is 5.84. The van der Waals surface area contributed by atoms with Crippen LogP contribution in [0.4, 0.5) is 0 Å². The highest BCUT2D eigenvalue weighted by atomic mass is 32.1. The maximum atomic E-state index is 5.90. The van der Waals surface area contributed by atoms with Crippen LogP contribution in [0.3, 0.4) is 0 Å². The standard InChI is InChI=1S/C21H32N2S/c1-3-4-14-22-16-20(19-8-6-5-7-9-19)23(21(22)24)15-18-12-10-17(2)11-13-18/h5-9,17-18,20H,3-4,10-16H2,1-2H3. The highest BCUT2D eigenvalue weighted by Gasteiger charge is 2.36. The number of rotatable bonds is 6. The predicted molar refractivity (Wildman–Crippen MR) is 106 cm³/mol. The summed E-state index contributed by atoms with van der Waals surface area (Å²) >= 11 is 5.90. The molecule has 1 aromatic carbocycles. The summed E-state index contributed by atoms with van der Waals surface area (Å²) in [5, 5.41) is 1.09. The van der Waals surface area contributed by atoms with Gasteiger partial charge < -0.3 is 9.80 Å². The summed E-state index contributed by atoms with van der Waals surface area (Å²) in [5.41, 5.74) is 1.42. The Bertz CT molecular complexity index is 522. The molecule has 24 heavy (non-hydrogen) atoms. The summed E-state index contributed by atoms with van der Waals surface area (Å²) in [7, 11) is 0. The van der Waals surface area contributed by atoms with Crippen LogP contribution in [-0.4, -0.2) is 34.5 Å². The molecule has 1 aromatic rings. The zero-order valence-electron chi connectivity index (χ0n) is 15.3. The van der Waals surface area contributed by atoms with Crippen molar-refractivity contribution in [3.05, 3.63) is 35.9 Å². The summed E-state index contributed by atoms with van der Waals surface area (Å²) in [6.45, 7) is 7.97. The van der Waals surface area contributed by atoms with Gasteiger partial charge >= 0.3 is 0 Å². The molecule has 1 heterocycles. The van der Waals surface area contributed by atoms with Crippen LogP contribution in [0.5, 0.6) is 0 Å². The minimum Gasteiger partial charge on any atom is -0.347 e. The summed E-state index contributed by atoms with van der Waals surface area (Å²) in [6, 6.07) is 11.4. The predicted octanol–water partition coefficient (Wildman–Crippen LogP) is 5.26. The Kier molecular flexibility index (Phi) is 6.15. The molecule has 0 radical (unpaired) electrons. The van der Waals surface area contributed by atoms with Gasteiger partial charge in [-0.2, -0.15) is 0 Å². The number of nitrogens with zero attached hydrogens (tertiary/aromatic N) is 2. The fraction of sp³-hybridized carbons (Fsp3) is 0.667. The molecular formula is C21H32N2S. The lowest BCUT2D eigenvalue weighted by Gasteiger charge is -2.33. The Morgan fingerprint density at radius 2 is 1.79 bits per heavy atom. The van der Waals surface area contributed by atoms with Crippen LogP contribution >= 0.6 is 12.2 Å². The van der Waals surface area contributed by atoms with E-state index in [1.54, 1.807) is 0 Å². The van der Waals surface area contributed by atoms with Crippen LogP contribution < -0.4 is 0 Å². The number of benzene rings is 1. The maximum absolute atomic E-state index is 5.90. The number of hydrogen-bond acceptors (Lipinski definition) is 1. The maximum Gasteiger partial charge on any atom is 0.172 e. The van der Waals surface area contributed by atoms with Crippen LogP contribution in [0.25, 0.3) is 0 Å². The summed E-state index contributed by atoms with van der Waals surface area (Å²) in [4.78, 5) is 4.99. The molecule has 0 N–H and O–H groups in total. The quantitative estimate of drug-likeness (QED) is 0.650. The van der Waals surface area contributed by atoms with Crippen LogP contribution in [-0.2, 0) is 0 Å². The monoisotopic (exact) mass is 344 g/mol. The second-order valence-corrected chi connectivity index (χ2v) is 8.15. The molecule has 1 unspecified atom stereocenters. The van der Waals surface area contributed by atoms with Crippen molar-refractivity contribution in [3.8, 4) is 0 Å². The molecular weight excluding hydrogens is 312 g/mol. The van der Waals surface area contributed by atoms with Crippen molar-refractivity contribution in [3.63, 3.8) is 0 Å². The van der Waals surface area contributed by atoms with Crippen LogP contribution in [0, 0.1) is 11.8 Å². The molecule has 1 saturated heterocycles. The molecule has 3 heteroatoms. The molecule has 3 rings (SSSR count). The summed E-state index contributed by atoms with van der Waals surface area (Å²) < 4.78 is 0. The first kappa shape index (κ1) is 17.7. The Balaban J connectivity index is 1.72. The molecule has 2 aliphatic rings. The topological polar surface area (TPSA) is 6.48 Å². The third-order valence-corrected chi connectivity index (χ3v) is 6.33. The normalized spacial score (nSPS) is 27.8. The molecule has 1 saturated carbocycles. The van der Waals surface area contributed by atoms with Gasteiger partial charge in [-0.05, 0) is 48.9 Å². The van der Waals surface area contributed by atoms with E-state index >= 15 is 0 Å². The van der Waals surface area contributed by atoms with E-state index in [1.807, 2.05) is 0 Å². The molecule has 0 spiro atoms. The van der Waals surface area contributed by atoms with Crippen LogP contribution in [0.1, 0.15) is 64.0 Å². The van der Waals surface area contributed by atoms with E-state index in [2.05, 4.69) is 54.0 Å². The van der Waals surface area contributed by atoms with Gasteiger partial charge in [0.25, 0.3) is 0 Å². The second-order valence-electron chi connectivity index (χ2n) is 7.79. The number of hydrogen-bond donors (Lipinski definition) is 0. The van der Waals surface area contributed by atoms with E-state index in [4.69, 9.17) is 12.2 Å². The summed E-state index contributed by atoms with van der Waals surface area (Å²) in [6.07, 6.45) is 7.99. The molecule has 1 aliphatic carbocycles. The average Bonchev–Trinajstić information content (AvgIpc) is 2.92. The van der Waals surface area contributed by atoms with Crippen LogP contribution in [0.2, 0.25) is 0 Å². The molecule has 2 nitrogen and oxygen atoms in total. The Labute approximate surface area is 153 Å². The van der Waals surface area contributed by atoms with Crippen molar-refractivity contribution in [1.82, 2.24) is 9.80 Å². The van der Waals surface area contributed by atoms with Crippen molar-refractivity contribution in [2.45, 2.75) is 58.4 Å². The molecule has 2 fully saturated rings. The van der Waals surface area contributed by atoms with Crippen molar-refractivity contribution < 1.29 is 0 Å². The van der Waals surface area contributed by atoms with Crippen molar-refractivity contribution >= 4 is 17.3 Å². The Hall–Kier alpha value is -1.09. The van der Waals surface area contributed by atoms with E-state index in [-0.39, 0.29) is 0 Å². The zero-order valence-corrected chi connectivity index (χ0v) is 16.1. The van der Waals surface area contributed by atoms with Gasteiger partial charge in [-0.1, -0.05) is 63.4 Å². The van der Waals surface area contributed by atoms with E-state index in [0.29, 0.717) is 6.04 Å². The smallest absolute Gasteiger partial charge is 0.172 e. The molecule has 1 atom stereocenters. The molecule has 1 aliphatic heterocycles. The van der Waals surface area contributed by atoms with Gasteiger partial charge in [0, 0.05) is 19.6 Å². The molecule has 0 bridgehead atoms. The largest absolute Gasteiger partial charge is 0.347 e. The van der Waals surface area contributed by atoms with Gasteiger partial charge in [-0.3, -0.25) is 0 Å². The first-order valence-electron chi connectivity index (χ1n) is 9.79. The Morgan fingerprint density at radius 3 is 2.46 bits per heavy atom. The van der Waals surface area contributed by atoms with E-state index < -0.39 is 0 Å². The number of unbranched alkanes of at least 4 members (excludes halogenated alkanes) is 1. The minimum atomic E-state index is 0.440. The van der Waals surface area contributed by atoms with Gasteiger partial charge in [0.05, 0.1) is 6.04 Å². The first-order valence-corrected chi connectivity index (χ1v) is 10.2. The van der Waals surface area contributed by atoms with Gasteiger partial charge in [-0.25, -0.2) is 0 Å². The molecule has 132 valence electrons. The van der Waals surface area contributed by atoms with Crippen molar-refractivity contribution in [2.75, 3.05) is 19.6 Å². The van der Waals surface area contributed by atoms with Gasteiger partial charge in [-0.15, -0.1) is 0 Å². The fourth-order valence-corrected chi connectivity index (χ4v) is 4.56.